The average Bonchev–Trinajstić information content (AvgIpc) is 3.21. The molecule has 2 saturated heterocycles. The van der Waals surface area contributed by atoms with Crippen LogP contribution in [0.4, 0.5) is 0 Å². The fourth-order valence-electron chi connectivity index (χ4n) is 3.23. The topological polar surface area (TPSA) is 66.1 Å². The van der Waals surface area contributed by atoms with Crippen LogP contribution < -0.4 is 5.32 Å². The summed E-state index contributed by atoms with van der Waals surface area (Å²) in [5, 5.41) is 7.27. The van der Waals surface area contributed by atoms with Crippen molar-refractivity contribution in [1.82, 2.24) is 20.3 Å². The molecule has 7 nitrogen and oxygen atoms in total. The molecule has 0 spiro atoms. The van der Waals surface area contributed by atoms with E-state index >= 15 is 0 Å². The molecule has 1 N–H and O–H groups in total. The second-order valence-electron chi connectivity index (χ2n) is 6.35. The first-order chi connectivity index (χ1) is 11.2. The van der Waals surface area contributed by atoms with Crippen LogP contribution >= 0.6 is 24.0 Å². The van der Waals surface area contributed by atoms with E-state index in [1.165, 1.54) is 6.42 Å². The Morgan fingerprint density at radius 3 is 2.75 bits per heavy atom. The molecule has 8 heteroatoms. The molecule has 2 aliphatic heterocycles. The summed E-state index contributed by atoms with van der Waals surface area (Å²) in [4.78, 5) is 9.25. The molecule has 24 heavy (non-hydrogen) atoms. The Balaban J connectivity index is 0.00000208. The first-order valence-electron chi connectivity index (χ1n) is 8.42. The molecule has 2 fully saturated rings. The summed E-state index contributed by atoms with van der Waals surface area (Å²) >= 11 is 0. The molecule has 0 amide bonds. The van der Waals surface area contributed by atoms with Crippen LogP contribution in [0.2, 0.25) is 0 Å². The number of aliphatic imine (C=N–C) groups is 1. The van der Waals surface area contributed by atoms with Crippen LogP contribution in [0, 0.1) is 12.8 Å². The summed E-state index contributed by atoms with van der Waals surface area (Å²) in [6, 6.07) is 1.95. The van der Waals surface area contributed by atoms with E-state index in [0.29, 0.717) is 12.5 Å². The van der Waals surface area contributed by atoms with Crippen molar-refractivity contribution in [3.63, 3.8) is 0 Å². The Bertz CT molecular complexity index is 522. The van der Waals surface area contributed by atoms with Crippen LogP contribution in [0.1, 0.15) is 17.9 Å². The molecule has 1 unspecified atom stereocenters. The second-order valence-corrected chi connectivity index (χ2v) is 6.35. The predicted octanol–water partition coefficient (Wildman–Crippen LogP) is 1.33. The van der Waals surface area contributed by atoms with Gasteiger partial charge in [0.15, 0.2) is 11.7 Å². The zero-order valence-corrected chi connectivity index (χ0v) is 16.9. The summed E-state index contributed by atoms with van der Waals surface area (Å²) in [6.07, 6.45) is 1.21. The molecule has 136 valence electrons. The Morgan fingerprint density at radius 2 is 2.17 bits per heavy atom. The van der Waals surface area contributed by atoms with Crippen LogP contribution in [-0.4, -0.2) is 73.9 Å². The van der Waals surface area contributed by atoms with E-state index in [-0.39, 0.29) is 24.0 Å². The first kappa shape index (κ1) is 19.5. The minimum Gasteiger partial charge on any atom is -0.381 e. The van der Waals surface area contributed by atoms with Crippen LogP contribution in [0.5, 0.6) is 0 Å². The predicted molar refractivity (Wildman–Crippen MR) is 104 cm³/mol. The molecule has 0 radical (unpaired) electrons. The van der Waals surface area contributed by atoms with Gasteiger partial charge in [-0.15, -0.1) is 24.0 Å². The second kappa shape index (κ2) is 9.57. The molecule has 0 saturated carbocycles. The molecule has 0 aliphatic carbocycles. The molecule has 3 rings (SSSR count). The molecule has 1 aromatic heterocycles. The molecular formula is C16H28IN5O2. The van der Waals surface area contributed by atoms with E-state index in [9.17, 15) is 0 Å². The summed E-state index contributed by atoms with van der Waals surface area (Å²) < 4.78 is 10.7. The SMILES string of the molecule is CN=C(NCc1cc(C)no1)N1CCN(CC2CCOC2)CC1.I. The van der Waals surface area contributed by atoms with Crippen LogP contribution in [0.25, 0.3) is 0 Å². The minimum absolute atomic E-state index is 0. The number of aryl methyl sites for hydroxylation is 1. The van der Waals surface area contributed by atoms with Gasteiger partial charge >= 0.3 is 0 Å². The maximum Gasteiger partial charge on any atom is 0.194 e. The lowest BCUT2D eigenvalue weighted by Gasteiger charge is -2.37. The number of halogens is 1. The largest absolute Gasteiger partial charge is 0.381 e. The number of nitrogens with one attached hydrogen (secondary N) is 1. The summed E-state index contributed by atoms with van der Waals surface area (Å²) in [7, 11) is 1.83. The van der Waals surface area contributed by atoms with Gasteiger partial charge in [0.25, 0.3) is 0 Å². The van der Waals surface area contributed by atoms with Crippen molar-refractivity contribution in [3.8, 4) is 0 Å². The van der Waals surface area contributed by atoms with Gasteiger partial charge in [-0.05, 0) is 19.3 Å². The van der Waals surface area contributed by atoms with Gasteiger partial charge in [-0.1, -0.05) is 5.16 Å². The average molecular weight is 449 g/mol. The lowest BCUT2D eigenvalue weighted by atomic mass is 10.1. The first-order valence-corrected chi connectivity index (χ1v) is 8.42. The zero-order chi connectivity index (χ0) is 16.1. The summed E-state index contributed by atoms with van der Waals surface area (Å²) in [5.41, 5.74) is 0.904. The highest BCUT2D eigenvalue weighted by Crippen LogP contribution is 2.15. The van der Waals surface area contributed by atoms with Crippen molar-refractivity contribution in [2.24, 2.45) is 10.9 Å². The fraction of sp³-hybridized carbons (Fsp3) is 0.750. The molecule has 0 aromatic carbocycles. The molecule has 2 aliphatic rings. The minimum atomic E-state index is 0. The molecule has 3 heterocycles. The van der Waals surface area contributed by atoms with Crippen molar-refractivity contribution in [3.05, 3.63) is 17.5 Å². The zero-order valence-electron chi connectivity index (χ0n) is 14.5. The van der Waals surface area contributed by atoms with Gasteiger partial charge in [0, 0.05) is 52.4 Å². The van der Waals surface area contributed by atoms with Crippen molar-refractivity contribution >= 4 is 29.9 Å². The number of rotatable bonds is 4. The standard InChI is InChI=1S/C16H27N5O2.HI/c1-13-9-15(23-19-13)10-18-16(17-2)21-6-4-20(5-7-21)11-14-3-8-22-12-14;/h9,14H,3-8,10-12H2,1-2H3,(H,17,18);1H. The van der Waals surface area contributed by atoms with Gasteiger partial charge in [-0.25, -0.2) is 0 Å². The van der Waals surface area contributed by atoms with E-state index in [1.807, 2.05) is 20.0 Å². The lowest BCUT2D eigenvalue weighted by molar-refractivity contribution is 0.139. The third kappa shape index (κ3) is 5.32. The lowest BCUT2D eigenvalue weighted by Crippen LogP contribution is -2.53. The third-order valence-corrected chi connectivity index (χ3v) is 4.52. The number of hydrogen-bond donors (Lipinski definition) is 1. The van der Waals surface area contributed by atoms with E-state index in [0.717, 1.165) is 63.4 Å². The number of piperazine rings is 1. The highest BCUT2D eigenvalue weighted by molar-refractivity contribution is 14.0. The number of ether oxygens (including phenoxy) is 1. The Morgan fingerprint density at radius 1 is 1.38 bits per heavy atom. The quantitative estimate of drug-likeness (QED) is 0.425. The number of hydrogen-bond acceptors (Lipinski definition) is 5. The van der Waals surface area contributed by atoms with E-state index in [2.05, 4.69) is 25.3 Å². The number of aromatic nitrogens is 1. The molecule has 1 aromatic rings. The number of nitrogens with zero attached hydrogens (tertiary/aromatic N) is 4. The molecular weight excluding hydrogens is 421 g/mol. The fourth-order valence-corrected chi connectivity index (χ4v) is 3.23. The third-order valence-electron chi connectivity index (χ3n) is 4.52. The summed E-state index contributed by atoms with van der Waals surface area (Å²) in [6.45, 7) is 9.74. The van der Waals surface area contributed by atoms with E-state index in [4.69, 9.17) is 9.26 Å². The number of guanidine groups is 1. The van der Waals surface area contributed by atoms with Gasteiger partial charge in [-0.2, -0.15) is 0 Å². The van der Waals surface area contributed by atoms with Crippen LogP contribution in [0.15, 0.2) is 15.6 Å². The maximum atomic E-state index is 5.47. The van der Waals surface area contributed by atoms with Gasteiger partial charge in [0.1, 0.15) is 0 Å². The van der Waals surface area contributed by atoms with E-state index in [1.54, 1.807) is 0 Å². The highest BCUT2D eigenvalue weighted by Gasteiger charge is 2.24. The monoisotopic (exact) mass is 449 g/mol. The van der Waals surface area contributed by atoms with Crippen molar-refractivity contribution in [1.29, 1.82) is 0 Å². The van der Waals surface area contributed by atoms with Crippen LogP contribution in [0.3, 0.4) is 0 Å². The van der Waals surface area contributed by atoms with E-state index < -0.39 is 0 Å². The van der Waals surface area contributed by atoms with Crippen molar-refractivity contribution < 1.29 is 9.26 Å². The normalized spacial score (nSPS) is 22.5. The van der Waals surface area contributed by atoms with Crippen molar-refractivity contribution in [2.45, 2.75) is 19.9 Å². The maximum absolute atomic E-state index is 5.47. The summed E-state index contributed by atoms with van der Waals surface area (Å²) in [5.74, 6) is 2.49. The van der Waals surface area contributed by atoms with Crippen LogP contribution in [-0.2, 0) is 11.3 Å². The van der Waals surface area contributed by atoms with Gasteiger partial charge in [0.05, 0.1) is 18.8 Å². The van der Waals surface area contributed by atoms with Gasteiger partial charge < -0.3 is 19.5 Å². The molecule has 0 bridgehead atoms. The Labute approximate surface area is 160 Å². The Kier molecular flexibility index (Phi) is 7.76. The Hall–Kier alpha value is -0.870. The molecule has 1 atom stereocenters. The van der Waals surface area contributed by atoms with Gasteiger partial charge in [0.2, 0.25) is 0 Å². The smallest absolute Gasteiger partial charge is 0.194 e. The van der Waals surface area contributed by atoms with Crippen molar-refractivity contribution in [2.75, 3.05) is 53.0 Å². The van der Waals surface area contributed by atoms with Gasteiger partial charge in [-0.3, -0.25) is 9.89 Å². The highest BCUT2D eigenvalue weighted by atomic mass is 127.